The van der Waals surface area contributed by atoms with E-state index in [4.69, 9.17) is 10.8 Å². The van der Waals surface area contributed by atoms with Crippen LogP contribution in [0.3, 0.4) is 0 Å². The van der Waals surface area contributed by atoms with Gasteiger partial charge in [-0.3, -0.25) is 0 Å². The van der Waals surface area contributed by atoms with Crippen LogP contribution >= 0.6 is 28.3 Å². The Morgan fingerprint density at radius 1 is 1.50 bits per heavy atom. The van der Waals surface area contributed by atoms with Gasteiger partial charge in [-0.15, -0.1) is 12.4 Å². The van der Waals surface area contributed by atoms with E-state index in [2.05, 4.69) is 15.9 Å². The summed E-state index contributed by atoms with van der Waals surface area (Å²) >= 11 is 3.15. The molecular weight excluding hydrogens is 272 g/mol. The molecule has 3 N–H and O–H groups in total. The molecule has 0 aliphatic heterocycles. The van der Waals surface area contributed by atoms with Crippen molar-refractivity contribution in [2.45, 2.75) is 12.5 Å². The van der Waals surface area contributed by atoms with E-state index in [0.29, 0.717) is 16.5 Å². The molecular formula is C9H12BrClFNO. The molecule has 0 unspecified atom stereocenters. The number of rotatable bonds is 3. The number of aliphatic hydroxyl groups is 1. The van der Waals surface area contributed by atoms with Gasteiger partial charge in [-0.25, -0.2) is 4.39 Å². The van der Waals surface area contributed by atoms with Crippen LogP contribution in [0.1, 0.15) is 18.0 Å². The lowest BCUT2D eigenvalue weighted by molar-refractivity contribution is 0.275. The SMILES string of the molecule is Cl.N[C@@H](CCO)c1ccc(Br)cc1F. The molecule has 0 aliphatic rings. The molecule has 0 aliphatic carbocycles. The Morgan fingerprint density at radius 3 is 2.64 bits per heavy atom. The van der Waals surface area contributed by atoms with Crippen LogP contribution in [0.5, 0.6) is 0 Å². The molecule has 0 amide bonds. The van der Waals surface area contributed by atoms with Crippen molar-refractivity contribution in [2.75, 3.05) is 6.61 Å². The van der Waals surface area contributed by atoms with Gasteiger partial charge < -0.3 is 10.8 Å². The molecule has 0 fully saturated rings. The Labute approximate surface area is 96.8 Å². The van der Waals surface area contributed by atoms with Crippen LogP contribution in [0, 0.1) is 5.82 Å². The third-order valence-electron chi connectivity index (χ3n) is 1.80. The Kier molecular flexibility index (Phi) is 6.27. The lowest BCUT2D eigenvalue weighted by atomic mass is 10.0. The molecule has 0 saturated heterocycles. The summed E-state index contributed by atoms with van der Waals surface area (Å²) in [6.45, 7) is -0.0311. The van der Waals surface area contributed by atoms with Gasteiger partial charge in [0.25, 0.3) is 0 Å². The van der Waals surface area contributed by atoms with Crippen molar-refractivity contribution in [3.05, 3.63) is 34.1 Å². The van der Waals surface area contributed by atoms with E-state index in [0.717, 1.165) is 0 Å². The summed E-state index contributed by atoms with van der Waals surface area (Å²) in [6.07, 6.45) is 0.374. The number of aliphatic hydroxyl groups excluding tert-OH is 1. The van der Waals surface area contributed by atoms with E-state index in [-0.39, 0.29) is 24.8 Å². The average molecular weight is 285 g/mol. The molecule has 5 heteroatoms. The Bertz CT molecular complexity index is 298. The summed E-state index contributed by atoms with van der Waals surface area (Å²) in [5.74, 6) is -0.338. The quantitative estimate of drug-likeness (QED) is 0.895. The number of hydrogen-bond donors (Lipinski definition) is 2. The first-order valence-corrected chi connectivity index (χ1v) is 4.76. The van der Waals surface area contributed by atoms with E-state index in [1.54, 1.807) is 12.1 Å². The third kappa shape index (κ3) is 3.53. The Morgan fingerprint density at radius 2 is 2.14 bits per heavy atom. The normalized spacial score (nSPS) is 12.0. The van der Waals surface area contributed by atoms with Crippen molar-refractivity contribution in [1.29, 1.82) is 0 Å². The molecule has 0 aromatic heterocycles. The summed E-state index contributed by atoms with van der Waals surface area (Å²) in [7, 11) is 0. The zero-order valence-electron chi connectivity index (χ0n) is 7.41. The van der Waals surface area contributed by atoms with Gasteiger partial charge in [0.2, 0.25) is 0 Å². The first-order chi connectivity index (χ1) is 6.15. The fourth-order valence-corrected chi connectivity index (χ4v) is 1.43. The van der Waals surface area contributed by atoms with E-state index in [9.17, 15) is 4.39 Å². The lowest BCUT2D eigenvalue weighted by Crippen LogP contribution is -2.13. The lowest BCUT2D eigenvalue weighted by Gasteiger charge is -2.11. The maximum Gasteiger partial charge on any atom is 0.129 e. The summed E-state index contributed by atoms with van der Waals surface area (Å²) < 4.78 is 13.9. The molecule has 80 valence electrons. The number of nitrogens with two attached hydrogens (primary N) is 1. The fourth-order valence-electron chi connectivity index (χ4n) is 1.10. The second kappa shape index (κ2) is 6.35. The summed E-state index contributed by atoms with van der Waals surface area (Å²) in [4.78, 5) is 0. The minimum absolute atomic E-state index is 0. The van der Waals surface area contributed by atoms with E-state index in [1.807, 2.05) is 0 Å². The van der Waals surface area contributed by atoms with Gasteiger partial charge in [-0.2, -0.15) is 0 Å². The average Bonchev–Trinajstić information content (AvgIpc) is 2.04. The standard InChI is InChI=1S/C9H11BrFNO.ClH/c10-6-1-2-7(8(11)5-6)9(12)3-4-13;/h1-2,5,9,13H,3-4,12H2;1H/t9-;/m0./s1. The van der Waals surface area contributed by atoms with Gasteiger partial charge in [0.1, 0.15) is 5.82 Å². The van der Waals surface area contributed by atoms with Crippen LogP contribution < -0.4 is 5.73 Å². The number of halogens is 3. The van der Waals surface area contributed by atoms with Crippen molar-refractivity contribution in [1.82, 2.24) is 0 Å². The fraction of sp³-hybridized carbons (Fsp3) is 0.333. The first-order valence-electron chi connectivity index (χ1n) is 3.96. The van der Waals surface area contributed by atoms with Crippen molar-refractivity contribution >= 4 is 28.3 Å². The third-order valence-corrected chi connectivity index (χ3v) is 2.30. The van der Waals surface area contributed by atoms with Crippen molar-refractivity contribution in [2.24, 2.45) is 5.73 Å². The predicted octanol–water partition coefficient (Wildman–Crippen LogP) is 2.39. The Hall–Kier alpha value is -0.160. The molecule has 1 aromatic carbocycles. The molecule has 0 spiro atoms. The monoisotopic (exact) mass is 283 g/mol. The second-order valence-corrected chi connectivity index (χ2v) is 3.70. The smallest absolute Gasteiger partial charge is 0.129 e. The van der Waals surface area contributed by atoms with Gasteiger partial charge in [-0.1, -0.05) is 22.0 Å². The molecule has 2 nitrogen and oxygen atoms in total. The molecule has 1 rings (SSSR count). The predicted molar refractivity (Wildman–Crippen MR) is 60.0 cm³/mol. The van der Waals surface area contributed by atoms with E-state index >= 15 is 0 Å². The summed E-state index contributed by atoms with van der Waals surface area (Å²) in [5, 5.41) is 8.63. The zero-order chi connectivity index (χ0) is 9.84. The highest BCUT2D eigenvalue weighted by molar-refractivity contribution is 9.10. The number of hydrogen-bond acceptors (Lipinski definition) is 2. The number of benzene rings is 1. The van der Waals surface area contributed by atoms with Crippen LogP contribution in [-0.4, -0.2) is 11.7 Å². The van der Waals surface area contributed by atoms with Gasteiger partial charge in [0, 0.05) is 22.7 Å². The zero-order valence-corrected chi connectivity index (χ0v) is 9.81. The molecule has 1 aromatic rings. The van der Waals surface area contributed by atoms with Gasteiger partial charge in [0.05, 0.1) is 0 Å². The van der Waals surface area contributed by atoms with Gasteiger partial charge >= 0.3 is 0 Å². The topological polar surface area (TPSA) is 46.2 Å². The minimum Gasteiger partial charge on any atom is -0.396 e. The second-order valence-electron chi connectivity index (χ2n) is 2.78. The molecule has 0 bridgehead atoms. The maximum absolute atomic E-state index is 13.2. The van der Waals surface area contributed by atoms with Crippen molar-refractivity contribution < 1.29 is 9.50 Å². The Balaban J connectivity index is 0.00000169. The van der Waals surface area contributed by atoms with Gasteiger partial charge in [0.15, 0.2) is 0 Å². The molecule has 1 atom stereocenters. The molecule has 0 radical (unpaired) electrons. The van der Waals surface area contributed by atoms with Gasteiger partial charge in [-0.05, 0) is 18.6 Å². The van der Waals surface area contributed by atoms with Crippen molar-refractivity contribution in [3.8, 4) is 0 Å². The van der Waals surface area contributed by atoms with Crippen LogP contribution in [-0.2, 0) is 0 Å². The minimum atomic E-state index is -0.432. The van der Waals surface area contributed by atoms with E-state index in [1.165, 1.54) is 6.07 Å². The highest BCUT2D eigenvalue weighted by Crippen LogP contribution is 2.21. The summed E-state index contributed by atoms with van der Waals surface area (Å²) in [5.41, 5.74) is 6.08. The van der Waals surface area contributed by atoms with Crippen LogP contribution in [0.2, 0.25) is 0 Å². The first kappa shape index (κ1) is 13.8. The maximum atomic E-state index is 13.2. The largest absolute Gasteiger partial charge is 0.396 e. The highest BCUT2D eigenvalue weighted by atomic mass is 79.9. The molecule has 0 saturated carbocycles. The summed E-state index contributed by atoms with van der Waals surface area (Å²) in [6, 6.07) is 4.29. The van der Waals surface area contributed by atoms with Crippen molar-refractivity contribution in [3.63, 3.8) is 0 Å². The molecule has 0 heterocycles. The van der Waals surface area contributed by atoms with Crippen LogP contribution in [0.25, 0.3) is 0 Å². The highest BCUT2D eigenvalue weighted by Gasteiger charge is 2.10. The van der Waals surface area contributed by atoms with Crippen LogP contribution in [0.15, 0.2) is 22.7 Å². The molecule has 14 heavy (non-hydrogen) atoms. The van der Waals surface area contributed by atoms with E-state index < -0.39 is 6.04 Å². The van der Waals surface area contributed by atoms with Crippen LogP contribution in [0.4, 0.5) is 4.39 Å².